The van der Waals surface area contributed by atoms with Crippen molar-refractivity contribution in [1.82, 2.24) is 4.98 Å². The number of aromatic nitrogens is 1. The minimum Gasteiger partial charge on any atom is -0.478 e. The molecular formula is C28H30N2O2. The zero-order valence-electron chi connectivity index (χ0n) is 19.6. The number of aromatic carboxylic acids is 1. The van der Waals surface area contributed by atoms with Crippen LogP contribution in [0.25, 0.3) is 33.2 Å². The van der Waals surface area contributed by atoms with E-state index in [1.807, 2.05) is 12.1 Å². The Hall–Kier alpha value is -3.53. The van der Waals surface area contributed by atoms with Gasteiger partial charge in [0.1, 0.15) is 0 Å². The predicted molar refractivity (Wildman–Crippen MR) is 134 cm³/mol. The van der Waals surface area contributed by atoms with E-state index >= 15 is 0 Å². The molecule has 164 valence electrons. The maximum absolute atomic E-state index is 11.6. The summed E-state index contributed by atoms with van der Waals surface area (Å²) in [4.78, 5) is 14.7. The molecule has 0 amide bonds. The lowest BCUT2D eigenvalue weighted by atomic mass is 9.83. The minimum absolute atomic E-state index is 0.303. The number of fused-ring (bicyclic) bond motifs is 1. The highest BCUT2D eigenvalue weighted by Crippen LogP contribution is 2.40. The number of aromatic amines is 1. The first-order valence-corrected chi connectivity index (χ1v) is 11.0. The van der Waals surface area contributed by atoms with Gasteiger partial charge in [0, 0.05) is 28.8 Å². The van der Waals surface area contributed by atoms with Gasteiger partial charge in [-0.25, -0.2) is 4.79 Å². The Morgan fingerprint density at radius 2 is 1.38 bits per heavy atom. The monoisotopic (exact) mass is 426 g/mol. The number of benzene rings is 3. The van der Waals surface area contributed by atoms with Crippen LogP contribution in [0.4, 0.5) is 5.69 Å². The summed E-state index contributed by atoms with van der Waals surface area (Å²) in [6.45, 7) is 13.0. The maximum Gasteiger partial charge on any atom is 0.337 e. The fourth-order valence-electron chi connectivity index (χ4n) is 4.70. The third-order valence-corrected chi connectivity index (χ3v) is 6.45. The first-order chi connectivity index (χ1) is 15.2. The zero-order valence-corrected chi connectivity index (χ0v) is 19.6. The molecule has 1 aromatic heterocycles. The summed E-state index contributed by atoms with van der Waals surface area (Å²) in [6, 6.07) is 15.1. The summed E-state index contributed by atoms with van der Waals surface area (Å²) >= 11 is 0. The second-order valence-electron chi connectivity index (χ2n) is 8.89. The molecule has 0 bridgehead atoms. The van der Waals surface area contributed by atoms with E-state index in [9.17, 15) is 9.90 Å². The Kier molecular flexibility index (Phi) is 5.55. The molecule has 0 saturated heterocycles. The van der Waals surface area contributed by atoms with E-state index in [2.05, 4.69) is 82.2 Å². The van der Waals surface area contributed by atoms with Crippen LogP contribution in [-0.4, -0.2) is 22.1 Å². The Morgan fingerprint density at radius 3 is 1.91 bits per heavy atom. The van der Waals surface area contributed by atoms with Gasteiger partial charge in [-0.3, -0.25) is 0 Å². The van der Waals surface area contributed by atoms with Crippen LogP contribution in [0.3, 0.4) is 0 Å². The van der Waals surface area contributed by atoms with Crippen LogP contribution in [0.5, 0.6) is 0 Å². The number of rotatable bonds is 5. The average Bonchev–Trinajstić information content (AvgIpc) is 3.17. The second-order valence-corrected chi connectivity index (χ2v) is 8.89. The van der Waals surface area contributed by atoms with E-state index < -0.39 is 5.97 Å². The van der Waals surface area contributed by atoms with Gasteiger partial charge >= 0.3 is 5.97 Å². The lowest BCUT2D eigenvalue weighted by Gasteiger charge is -2.22. The molecule has 0 unspecified atom stereocenters. The molecule has 0 aliphatic heterocycles. The summed E-state index contributed by atoms with van der Waals surface area (Å²) in [5, 5.41) is 13.7. The Morgan fingerprint density at radius 1 is 0.844 bits per heavy atom. The van der Waals surface area contributed by atoms with Gasteiger partial charge in [-0.05, 0) is 110 Å². The van der Waals surface area contributed by atoms with Gasteiger partial charge in [-0.2, -0.15) is 0 Å². The van der Waals surface area contributed by atoms with Crippen molar-refractivity contribution in [1.29, 1.82) is 0 Å². The summed E-state index contributed by atoms with van der Waals surface area (Å²) in [6.07, 6.45) is 1.56. The molecule has 0 aliphatic rings. The van der Waals surface area contributed by atoms with Crippen molar-refractivity contribution in [3.05, 3.63) is 76.5 Å². The predicted octanol–water partition coefficient (Wildman–Crippen LogP) is 7.25. The summed E-state index contributed by atoms with van der Waals surface area (Å²) in [7, 11) is 0. The number of anilines is 1. The molecule has 0 aliphatic carbocycles. The standard InChI is InChI=1S/C28H30N2O2/c1-15(2)30-22-10-7-20(8-11-22)26-16(3)18(5)27(19(6)17(26)4)21-9-12-25-23(13-21)24(14-29-25)28(31)32/h7-15,29-30H,1-6H3,(H,31,32). The smallest absolute Gasteiger partial charge is 0.337 e. The highest BCUT2D eigenvalue weighted by atomic mass is 16.4. The van der Waals surface area contributed by atoms with Crippen LogP contribution in [0.15, 0.2) is 48.7 Å². The number of carboxylic acid groups (broad SMARTS) is 1. The van der Waals surface area contributed by atoms with Crippen molar-refractivity contribution in [3.8, 4) is 22.3 Å². The van der Waals surface area contributed by atoms with Gasteiger partial charge in [0.25, 0.3) is 0 Å². The van der Waals surface area contributed by atoms with Crippen molar-refractivity contribution >= 4 is 22.6 Å². The van der Waals surface area contributed by atoms with E-state index in [1.54, 1.807) is 6.20 Å². The normalized spacial score (nSPS) is 11.3. The first kappa shape index (κ1) is 21.7. The molecule has 0 spiro atoms. The van der Waals surface area contributed by atoms with Gasteiger partial charge in [0.05, 0.1) is 5.56 Å². The van der Waals surface area contributed by atoms with Gasteiger partial charge in [-0.1, -0.05) is 18.2 Å². The molecular weight excluding hydrogens is 396 g/mol. The number of nitrogens with one attached hydrogen (secondary N) is 2. The molecule has 32 heavy (non-hydrogen) atoms. The quantitative estimate of drug-likeness (QED) is 0.315. The van der Waals surface area contributed by atoms with Crippen molar-refractivity contribution < 1.29 is 9.90 Å². The molecule has 4 rings (SSSR count). The summed E-state index contributed by atoms with van der Waals surface area (Å²) in [5.41, 5.74) is 11.9. The van der Waals surface area contributed by atoms with Crippen molar-refractivity contribution in [2.45, 2.75) is 47.6 Å². The van der Waals surface area contributed by atoms with Crippen LogP contribution in [-0.2, 0) is 0 Å². The third-order valence-electron chi connectivity index (χ3n) is 6.45. The van der Waals surface area contributed by atoms with Crippen LogP contribution in [0, 0.1) is 27.7 Å². The highest BCUT2D eigenvalue weighted by Gasteiger charge is 2.19. The molecule has 0 saturated carbocycles. The summed E-state index contributed by atoms with van der Waals surface area (Å²) in [5.74, 6) is -0.917. The zero-order chi connectivity index (χ0) is 23.2. The van der Waals surface area contributed by atoms with Crippen LogP contribution in [0.1, 0.15) is 46.5 Å². The van der Waals surface area contributed by atoms with Crippen molar-refractivity contribution in [2.75, 3.05) is 5.32 Å². The fourth-order valence-corrected chi connectivity index (χ4v) is 4.70. The second kappa shape index (κ2) is 8.19. The van der Waals surface area contributed by atoms with Gasteiger partial charge in [0.15, 0.2) is 0 Å². The molecule has 0 radical (unpaired) electrons. The lowest BCUT2D eigenvalue weighted by molar-refractivity contribution is 0.0699. The molecule has 3 aromatic carbocycles. The number of H-pyrrole nitrogens is 1. The van der Waals surface area contributed by atoms with Crippen molar-refractivity contribution in [2.24, 2.45) is 0 Å². The van der Waals surface area contributed by atoms with Gasteiger partial charge in [-0.15, -0.1) is 0 Å². The van der Waals surface area contributed by atoms with E-state index in [4.69, 9.17) is 0 Å². The average molecular weight is 427 g/mol. The molecule has 1 heterocycles. The van der Waals surface area contributed by atoms with Gasteiger partial charge < -0.3 is 15.4 Å². The number of carbonyl (C=O) groups is 1. The van der Waals surface area contributed by atoms with E-state index in [0.29, 0.717) is 11.6 Å². The maximum atomic E-state index is 11.6. The fraction of sp³-hybridized carbons (Fsp3) is 0.250. The Labute approximate surface area is 189 Å². The summed E-state index contributed by atoms with van der Waals surface area (Å²) < 4.78 is 0. The topological polar surface area (TPSA) is 65.1 Å². The molecule has 4 aromatic rings. The molecule has 3 N–H and O–H groups in total. The molecule has 0 atom stereocenters. The molecule has 4 nitrogen and oxygen atoms in total. The van der Waals surface area contributed by atoms with Crippen LogP contribution in [0.2, 0.25) is 0 Å². The minimum atomic E-state index is -0.917. The van der Waals surface area contributed by atoms with Gasteiger partial charge in [0.2, 0.25) is 0 Å². The Balaban J connectivity index is 1.86. The van der Waals surface area contributed by atoms with Crippen LogP contribution < -0.4 is 5.32 Å². The first-order valence-electron chi connectivity index (χ1n) is 11.0. The Bertz CT molecular complexity index is 1300. The SMILES string of the molecule is Cc1c(C)c(-c2ccc3[nH]cc(C(=O)O)c3c2)c(C)c(C)c1-c1ccc(NC(C)C)cc1. The van der Waals surface area contributed by atoms with E-state index in [0.717, 1.165) is 22.2 Å². The van der Waals surface area contributed by atoms with E-state index in [-0.39, 0.29) is 0 Å². The third kappa shape index (κ3) is 3.66. The largest absolute Gasteiger partial charge is 0.478 e. The number of hydrogen-bond acceptors (Lipinski definition) is 2. The number of carboxylic acids is 1. The van der Waals surface area contributed by atoms with E-state index in [1.165, 1.54) is 38.9 Å². The van der Waals surface area contributed by atoms with Crippen molar-refractivity contribution in [3.63, 3.8) is 0 Å². The number of hydrogen-bond donors (Lipinski definition) is 3. The molecule has 4 heteroatoms. The molecule has 0 fully saturated rings. The lowest BCUT2D eigenvalue weighted by Crippen LogP contribution is -2.09. The highest BCUT2D eigenvalue weighted by molar-refractivity contribution is 6.04. The van der Waals surface area contributed by atoms with Crippen LogP contribution >= 0.6 is 0 Å².